The van der Waals surface area contributed by atoms with Crippen molar-refractivity contribution in [3.8, 4) is 0 Å². The van der Waals surface area contributed by atoms with Crippen molar-refractivity contribution >= 4 is 17.7 Å². The molecule has 1 unspecified atom stereocenters. The third-order valence-corrected chi connectivity index (χ3v) is 3.37. The third-order valence-electron chi connectivity index (χ3n) is 3.37. The minimum absolute atomic E-state index is 0.126. The second-order valence-corrected chi connectivity index (χ2v) is 5.04. The predicted molar refractivity (Wildman–Crippen MR) is 76.3 cm³/mol. The number of aliphatic carboxylic acids is 1. The summed E-state index contributed by atoms with van der Waals surface area (Å²) in [5.41, 5.74) is 2.23. The molecular weight excluding hydrogens is 274 g/mol. The summed E-state index contributed by atoms with van der Waals surface area (Å²) >= 11 is 0. The maximum absolute atomic E-state index is 12.3. The Morgan fingerprint density at radius 2 is 2.24 bits per heavy atom. The number of pyridine rings is 1. The van der Waals surface area contributed by atoms with E-state index in [9.17, 15) is 9.59 Å². The van der Waals surface area contributed by atoms with Gasteiger partial charge in [0, 0.05) is 12.2 Å². The molecule has 0 saturated carbocycles. The molecule has 2 heterocycles. The average molecular weight is 293 g/mol. The van der Waals surface area contributed by atoms with Crippen molar-refractivity contribution < 1.29 is 19.4 Å². The standard InChI is InChI=1S/C14H19N3O4/c1-9-3-4-12(10(2)15-9)16-14(20)17-5-6-21-8-11(17)7-13(18)19/h3-4,11H,5-8H2,1-2H3,(H,16,20)(H,18,19). The van der Waals surface area contributed by atoms with E-state index >= 15 is 0 Å². The monoisotopic (exact) mass is 293 g/mol. The van der Waals surface area contributed by atoms with Gasteiger partial charge in [0.25, 0.3) is 0 Å². The van der Waals surface area contributed by atoms with Crippen molar-refractivity contribution in [1.82, 2.24) is 9.88 Å². The zero-order valence-electron chi connectivity index (χ0n) is 12.1. The highest BCUT2D eigenvalue weighted by molar-refractivity contribution is 5.90. The molecule has 1 fully saturated rings. The summed E-state index contributed by atoms with van der Waals surface area (Å²) in [6.07, 6.45) is -0.126. The van der Waals surface area contributed by atoms with Crippen molar-refractivity contribution in [2.75, 3.05) is 25.1 Å². The number of hydrogen-bond donors (Lipinski definition) is 2. The number of aromatic nitrogens is 1. The van der Waals surface area contributed by atoms with Crippen LogP contribution in [-0.2, 0) is 9.53 Å². The van der Waals surface area contributed by atoms with Gasteiger partial charge in [-0.1, -0.05) is 0 Å². The number of urea groups is 1. The summed E-state index contributed by atoms with van der Waals surface area (Å²) in [4.78, 5) is 29.0. The molecule has 21 heavy (non-hydrogen) atoms. The van der Waals surface area contributed by atoms with Crippen LogP contribution in [0.25, 0.3) is 0 Å². The van der Waals surface area contributed by atoms with Crippen LogP contribution >= 0.6 is 0 Å². The number of carboxylic acid groups (broad SMARTS) is 1. The molecule has 1 aromatic heterocycles. The smallest absolute Gasteiger partial charge is 0.322 e. The van der Waals surface area contributed by atoms with Crippen molar-refractivity contribution in [3.05, 3.63) is 23.5 Å². The van der Waals surface area contributed by atoms with Gasteiger partial charge in [-0.2, -0.15) is 0 Å². The SMILES string of the molecule is Cc1ccc(NC(=O)N2CCOCC2CC(=O)O)c(C)n1. The summed E-state index contributed by atoms with van der Waals surface area (Å²) < 4.78 is 5.26. The molecular formula is C14H19N3O4. The first-order valence-corrected chi connectivity index (χ1v) is 6.79. The van der Waals surface area contributed by atoms with Crippen molar-refractivity contribution in [3.63, 3.8) is 0 Å². The maximum Gasteiger partial charge on any atom is 0.322 e. The number of carbonyl (C=O) groups is 2. The van der Waals surface area contributed by atoms with Crippen molar-refractivity contribution in [2.45, 2.75) is 26.3 Å². The molecule has 1 aromatic rings. The van der Waals surface area contributed by atoms with Crippen molar-refractivity contribution in [1.29, 1.82) is 0 Å². The number of aryl methyl sites for hydroxylation is 2. The lowest BCUT2D eigenvalue weighted by atomic mass is 10.1. The minimum atomic E-state index is -0.948. The molecule has 0 bridgehead atoms. The fourth-order valence-corrected chi connectivity index (χ4v) is 2.30. The number of hydrogen-bond acceptors (Lipinski definition) is 4. The van der Waals surface area contributed by atoms with Crippen LogP contribution in [0.1, 0.15) is 17.8 Å². The van der Waals surface area contributed by atoms with E-state index in [2.05, 4.69) is 10.3 Å². The normalized spacial score (nSPS) is 18.4. The van der Waals surface area contributed by atoms with Crippen LogP contribution in [0, 0.1) is 13.8 Å². The van der Waals surface area contributed by atoms with E-state index in [0.29, 0.717) is 18.8 Å². The molecule has 2 rings (SSSR count). The molecule has 1 saturated heterocycles. The number of carbonyl (C=O) groups excluding carboxylic acids is 1. The molecule has 0 spiro atoms. The lowest BCUT2D eigenvalue weighted by Crippen LogP contribution is -2.51. The number of amides is 2. The number of carboxylic acids is 1. The summed E-state index contributed by atoms with van der Waals surface area (Å²) in [5, 5.41) is 11.7. The zero-order chi connectivity index (χ0) is 15.4. The van der Waals surface area contributed by atoms with Crippen LogP contribution < -0.4 is 5.32 Å². The van der Waals surface area contributed by atoms with Crippen LogP contribution in [0.15, 0.2) is 12.1 Å². The van der Waals surface area contributed by atoms with Gasteiger partial charge in [-0.3, -0.25) is 9.78 Å². The van der Waals surface area contributed by atoms with Gasteiger partial charge in [-0.15, -0.1) is 0 Å². The van der Waals surface area contributed by atoms with E-state index in [1.165, 1.54) is 4.90 Å². The topological polar surface area (TPSA) is 91.8 Å². The minimum Gasteiger partial charge on any atom is -0.481 e. The van der Waals surface area contributed by atoms with Crippen molar-refractivity contribution in [2.24, 2.45) is 0 Å². The number of rotatable bonds is 3. The fourth-order valence-electron chi connectivity index (χ4n) is 2.30. The summed E-state index contributed by atoms with van der Waals surface area (Å²) in [7, 11) is 0. The molecule has 2 amide bonds. The molecule has 1 aliphatic rings. The highest BCUT2D eigenvalue weighted by Crippen LogP contribution is 2.16. The highest BCUT2D eigenvalue weighted by Gasteiger charge is 2.29. The Bertz CT molecular complexity index is 547. The molecule has 0 radical (unpaired) electrons. The van der Waals surface area contributed by atoms with E-state index < -0.39 is 12.0 Å². The summed E-state index contributed by atoms with van der Waals surface area (Å²) in [6, 6.07) is 2.84. The Labute approximate surface area is 122 Å². The molecule has 0 aromatic carbocycles. The van der Waals surface area contributed by atoms with Gasteiger partial charge in [0.1, 0.15) is 0 Å². The number of ether oxygens (including phenoxy) is 1. The second-order valence-electron chi connectivity index (χ2n) is 5.04. The number of nitrogens with zero attached hydrogens (tertiary/aromatic N) is 2. The van der Waals surface area contributed by atoms with E-state index in [-0.39, 0.29) is 19.1 Å². The maximum atomic E-state index is 12.3. The molecule has 1 aliphatic heterocycles. The highest BCUT2D eigenvalue weighted by atomic mass is 16.5. The Hall–Kier alpha value is -2.15. The molecule has 1 atom stereocenters. The van der Waals surface area contributed by atoms with Gasteiger partial charge in [0.2, 0.25) is 0 Å². The van der Waals surface area contributed by atoms with E-state index in [0.717, 1.165) is 11.4 Å². The van der Waals surface area contributed by atoms with Crippen LogP contribution in [0.4, 0.5) is 10.5 Å². The molecule has 0 aliphatic carbocycles. The van der Waals surface area contributed by atoms with Crippen LogP contribution in [0.3, 0.4) is 0 Å². The average Bonchev–Trinajstić information content (AvgIpc) is 2.42. The Balaban J connectivity index is 2.08. The molecule has 2 N–H and O–H groups in total. The fraction of sp³-hybridized carbons (Fsp3) is 0.500. The van der Waals surface area contributed by atoms with Gasteiger partial charge in [-0.05, 0) is 26.0 Å². The number of nitrogens with one attached hydrogen (secondary N) is 1. The lowest BCUT2D eigenvalue weighted by Gasteiger charge is -2.34. The first-order chi connectivity index (χ1) is 9.97. The van der Waals surface area contributed by atoms with Crippen LogP contribution in [-0.4, -0.2) is 52.8 Å². The quantitative estimate of drug-likeness (QED) is 0.879. The summed E-state index contributed by atoms with van der Waals surface area (Å²) in [6.45, 7) is 4.72. The predicted octanol–water partition coefficient (Wildman–Crippen LogP) is 1.41. The number of morpholine rings is 1. The van der Waals surface area contributed by atoms with E-state index in [4.69, 9.17) is 9.84 Å². The Morgan fingerprint density at radius 1 is 1.48 bits per heavy atom. The van der Waals surface area contributed by atoms with Gasteiger partial charge in [-0.25, -0.2) is 4.79 Å². The third kappa shape index (κ3) is 3.91. The van der Waals surface area contributed by atoms with E-state index in [1.54, 1.807) is 6.07 Å². The second kappa shape index (κ2) is 6.53. The Morgan fingerprint density at radius 3 is 2.90 bits per heavy atom. The van der Waals surface area contributed by atoms with Crippen LogP contribution in [0.2, 0.25) is 0 Å². The first kappa shape index (κ1) is 15.2. The summed E-state index contributed by atoms with van der Waals surface area (Å²) in [5.74, 6) is -0.948. The molecule has 114 valence electrons. The molecule has 7 heteroatoms. The van der Waals surface area contributed by atoms with Gasteiger partial charge in [0.05, 0.1) is 37.1 Å². The first-order valence-electron chi connectivity index (χ1n) is 6.79. The van der Waals surface area contributed by atoms with E-state index in [1.807, 2.05) is 19.9 Å². The number of anilines is 1. The Kier molecular flexibility index (Phi) is 4.74. The largest absolute Gasteiger partial charge is 0.481 e. The zero-order valence-corrected chi connectivity index (χ0v) is 12.1. The van der Waals surface area contributed by atoms with Gasteiger partial charge in [0.15, 0.2) is 0 Å². The van der Waals surface area contributed by atoms with Crippen LogP contribution in [0.5, 0.6) is 0 Å². The van der Waals surface area contributed by atoms with Gasteiger partial charge < -0.3 is 20.1 Å². The lowest BCUT2D eigenvalue weighted by molar-refractivity contribution is -0.139. The van der Waals surface area contributed by atoms with Gasteiger partial charge >= 0.3 is 12.0 Å². The molecule has 7 nitrogen and oxygen atoms in total.